The number of esters is 1. The van der Waals surface area contributed by atoms with E-state index in [0.29, 0.717) is 15.0 Å². The maximum atomic E-state index is 13.0. The number of amides is 1. The molecule has 8 nitrogen and oxygen atoms in total. The monoisotopic (exact) mass is 483 g/mol. The van der Waals surface area contributed by atoms with E-state index in [4.69, 9.17) is 5.14 Å². The fourth-order valence-corrected chi connectivity index (χ4v) is 5.06. The fourth-order valence-electron chi connectivity index (χ4n) is 2.65. The number of rotatable bonds is 7. The molecule has 0 unspecified atom stereocenters. The van der Waals surface area contributed by atoms with E-state index in [1.165, 1.54) is 43.1 Å². The second kappa shape index (κ2) is 9.73. The lowest BCUT2D eigenvalue weighted by atomic mass is 10.3. The van der Waals surface area contributed by atoms with Gasteiger partial charge in [-0.15, -0.1) is 11.8 Å². The van der Waals surface area contributed by atoms with Gasteiger partial charge in [0, 0.05) is 11.4 Å². The van der Waals surface area contributed by atoms with E-state index in [1.807, 2.05) is 0 Å². The van der Waals surface area contributed by atoms with Gasteiger partial charge in [0.05, 0.1) is 34.4 Å². The zero-order chi connectivity index (χ0) is 22.6. The Balaban J connectivity index is 1.94. The van der Waals surface area contributed by atoms with Crippen molar-refractivity contribution in [1.29, 1.82) is 0 Å². The van der Waals surface area contributed by atoms with E-state index in [0.717, 1.165) is 16.2 Å². The highest BCUT2D eigenvalue weighted by Crippen LogP contribution is 2.22. The highest BCUT2D eigenvalue weighted by atomic mass is 32.2. The number of fused-ring (bicyclic) bond motifs is 1. The van der Waals surface area contributed by atoms with Crippen molar-refractivity contribution in [3.05, 3.63) is 53.1 Å². The molecule has 2 N–H and O–H groups in total. The van der Waals surface area contributed by atoms with Gasteiger partial charge in [-0.1, -0.05) is 11.3 Å². The van der Waals surface area contributed by atoms with Crippen LogP contribution in [0.15, 0.2) is 57.2 Å². The van der Waals surface area contributed by atoms with Crippen LogP contribution in [0.3, 0.4) is 0 Å². The molecule has 0 radical (unpaired) electrons. The summed E-state index contributed by atoms with van der Waals surface area (Å²) < 4.78 is 43.2. The third-order valence-electron chi connectivity index (χ3n) is 4.15. The number of carbonyl (C=O) groups is 2. The van der Waals surface area contributed by atoms with Crippen LogP contribution >= 0.6 is 23.1 Å². The maximum Gasteiger partial charge on any atom is 0.307 e. The molecule has 0 fully saturated rings. The summed E-state index contributed by atoms with van der Waals surface area (Å²) in [6.45, 7) is 0.193. The molecule has 3 aromatic rings. The van der Waals surface area contributed by atoms with Crippen LogP contribution in [0.2, 0.25) is 0 Å². The number of aromatic nitrogens is 1. The van der Waals surface area contributed by atoms with E-state index in [1.54, 1.807) is 22.8 Å². The quantitative estimate of drug-likeness (QED) is 0.407. The summed E-state index contributed by atoms with van der Waals surface area (Å²) >= 11 is 2.32. The molecule has 0 atom stereocenters. The lowest BCUT2D eigenvalue weighted by Crippen LogP contribution is -2.19. The Labute approximate surface area is 185 Å². The number of ether oxygens (including phenoxy) is 1. The number of hydrogen-bond donors (Lipinski definition) is 1. The topological polar surface area (TPSA) is 121 Å². The molecule has 0 aliphatic carbocycles. The van der Waals surface area contributed by atoms with Gasteiger partial charge in [-0.25, -0.2) is 17.9 Å². The van der Waals surface area contributed by atoms with E-state index >= 15 is 0 Å². The van der Waals surface area contributed by atoms with Crippen molar-refractivity contribution in [2.45, 2.75) is 22.8 Å². The molecular formula is C19H18FN3O5S3. The Morgan fingerprint density at radius 2 is 1.94 bits per heavy atom. The van der Waals surface area contributed by atoms with Gasteiger partial charge >= 0.3 is 5.97 Å². The number of nitrogens with zero attached hydrogens (tertiary/aromatic N) is 2. The first-order chi connectivity index (χ1) is 14.7. The van der Waals surface area contributed by atoms with Crippen LogP contribution in [0.1, 0.15) is 6.42 Å². The largest absolute Gasteiger partial charge is 0.469 e. The normalized spacial score (nSPS) is 12.3. The highest BCUT2D eigenvalue weighted by molar-refractivity contribution is 8.00. The zero-order valence-corrected chi connectivity index (χ0v) is 18.7. The standard InChI is InChI=1S/C19H18FN3O5S3/c1-28-18(25)8-9-23-15-7-6-14(31(21,26)27)10-16(15)30-19(23)22-17(24)11-29-13-4-2-12(20)3-5-13/h2-7,10H,8-9,11H2,1H3,(H2,21,26,27). The third kappa shape index (κ3) is 6.00. The van der Waals surface area contributed by atoms with Crippen molar-refractivity contribution in [2.75, 3.05) is 12.9 Å². The number of nitrogens with two attached hydrogens (primary N) is 1. The number of carbonyl (C=O) groups excluding carboxylic acids is 2. The lowest BCUT2D eigenvalue weighted by Gasteiger charge is -2.05. The summed E-state index contributed by atoms with van der Waals surface area (Å²) in [5.41, 5.74) is 0.610. The van der Waals surface area contributed by atoms with Crippen molar-refractivity contribution < 1.29 is 27.1 Å². The molecule has 0 bridgehead atoms. The molecule has 0 spiro atoms. The lowest BCUT2D eigenvalue weighted by molar-refractivity contribution is -0.140. The molecule has 0 aliphatic rings. The summed E-state index contributed by atoms with van der Waals surface area (Å²) in [4.78, 5) is 29.1. The van der Waals surface area contributed by atoms with Gasteiger partial charge in [0.2, 0.25) is 10.0 Å². The van der Waals surface area contributed by atoms with Gasteiger partial charge in [-0.3, -0.25) is 9.59 Å². The van der Waals surface area contributed by atoms with Crippen LogP contribution in [-0.4, -0.2) is 37.7 Å². The van der Waals surface area contributed by atoms with Crippen molar-refractivity contribution in [3.63, 3.8) is 0 Å². The first-order valence-corrected chi connectivity index (χ1v) is 12.2. The van der Waals surface area contributed by atoms with E-state index in [-0.39, 0.29) is 29.4 Å². The van der Waals surface area contributed by atoms with Crippen LogP contribution in [0, 0.1) is 5.82 Å². The number of hydrogen-bond acceptors (Lipinski definition) is 7. The molecule has 3 rings (SSSR count). The second-order valence-corrected chi connectivity index (χ2v) is 9.90. The van der Waals surface area contributed by atoms with E-state index < -0.39 is 21.9 Å². The Morgan fingerprint density at radius 1 is 1.23 bits per heavy atom. The van der Waals surface area contributed by atoms with Gasteiger partial charge in [0.1, 0.15) is 5.82 Å². The highest BCUT2D eigenvalue weighted by Gasteiger charge is 2.14. The molecule has 2 aromatic carbocycles. The third-order valence-corrected chi connectivity index (χ3v) is 7.10. The number of thiazole rings is 1. The first-order valence-electron chi connectivity index (χ1n) is 8.86. The van der Waals surface area contributed by atoms with Gasteiger partial charge < -0.3 is 9.30 Å². The molecule has 0 saturated heterocycles. The minimum Gasteiger partial charge on any atom is -0.469 e. The molecule has 0 aliphatic heterocycles. The second-order valence-electron chi connectivity index (χ2n) is 6.29. The number of thioether (sulfide) groups is 1. The summed E-state index contributed by atoms with van der Waals surface area (Å²) in [6.07, 6.45) is 0.0466. The van der Waals surface area contributed by atoms with Crippen LogP contribution in [0.25, 0.3) is 10.2 Å². The Hall–Kier alpha value is -2.54. The van der Waals surface area contributed by atoms with Crippen molar-refractivity contribution in [2.24, 2.45) is 10.1 Å². The number of halogens is 1. The molecule has 1 heterocycles. The summed E-state index contributed by atoms with van der Waals surface area (Å²) in [7, 11) is -2.62. The molecule has 31 heavy (non-hydrogen) atoms. The molecule has 164 valence electrons. The number of sulfonamides is 1. The Morgan fingerprint density at radius 3 is 2.58 bits per heavy atom. The van der Waals surface area contributed by atoms with Crippen molar-refractivity contribution >= 4 is 55.2 Å². The van der Waals surface area contributed by atoms with Gasteiger partial charge in [-0.05, 0) is 42.5 Å². The van der Waals surface area contributed by atoms with Gasteiger partial charge in [0.15, 0.2) is 4.80 Å². The molecule has 1 aromatic heterocycles. The minimum atomic E-state index is -3.90. The molecule has 12 heteroatoms. The van der Waals surface area contributed by atoms with Crippen LogP contribution in [-0.2, 0) is 30.9 Å². The summed E-state index contributed by atoms with van der Waals surface area (Å²) in [6, 6.07) is 10.1. The summed E-state index contributed by atoms with van der Waals surface area (Å²) in [5.74, 6) is -1.20. The molecule has 0 saturated carbocycles. The Bertz CT molecular complexity index is 1300. The molecule has 1 amide bonds. The first kappa shape index (κ1) is 23.1. The smallest absolute Gasteiger partial charge is 0.307 e. The molecular weight excluding hydrogens is 465 g/mol. The zero-order valence-electron chi connectivity index (χ0n) is 16.3. The van der Waals surface area contributed by atoms with Gasteiger partial charge in [-0.2, -0.15) is 4.99 Å². The predicted molar refractivity (Wildman–Crippen MR) is 116 cm³/mol. The summed E-state index contributed by atoms with van der Waals surface area (Å²) in [5, 5.41) is 5.20. The average Bonchev–Trinajstić information content (AvgIpc) is 3.07. The number of benzene rings is 2. The van der Waals surface area contributed by atoms with Crippen molar-refractivity contribution in [1.82, 2.24) is 4.57 Å². The number of primary sulfonamides is 1. The van der Waals surface area contributed by atoms with Crippen LogP contribution < -0.4 is 9.94 Å². The predicted octanol–water partition coefficient (Wildman–Crippen LogP) is 2.27. The minimum absolute atomic E-state index is 0.0271. The number of aryl methyl sites for hydroxylation is 1. The van der Waals surface area contributed by atoms with Crippen LogP contribution in [0.4, 0.5) is 4.39 Å². The SMILES string of the molecule is COC(=O)CCn1c(=NC(=O)CSc2ccc(F)cc2)sc2cc(S(N)(=O)=O)ccc21. The number of methoxy groups -OCH3 is 1. The fraction of sp³-hybridized carbons (Fsp3) is 0.211. The maximum absolute atomic E-state index is 13.0. The van der Waals surface area contributed by atoms with E-state index in [2.05, 4.69) is 9.73 Å². The van der Waals surface area contributed by atoms with Gasteiger partial charge in [0.25, 0.3) is 5.91 Å². The average molecular weight is 484 g/mol. The van der Waals surface area contributed by atoms with Crippen molar-refractivity contribution in [3.8, 4) is 0 Å². The van der Waals surface area contributed by atoms with E-state index in [9.17, 15) is 22.4 Å². The Kier molecular flexibility index (Phi) is 7.26. The van der Waals surface area contributed by atoms with Crippen LogP contribution in [0.5, 0.6) is 0 Å².